The molecule has 0 atom stereocenters. The first-order chi connectivity index (χ1) is 17.4. The maximum Gasteiger partial charge on any atom is 0.253 e. The number of benzene rings is 2. The molecule has 10 heteroatoms. The quantitative estimate of drug-likeness (QED) is 0.396. The third-order valence-corrected chi connectivity index (χ3v) is 6.88. The molecule has 4 aromatic rings. The van der Waals surface area contributed by atoms with E-state index in [9.17, 15) is 9.18 Å². The molecule has 36 heavy (non-hydrogen) atoms. The number of H-pyrrole nitrogens is 1. The van der Waals surface area contributed by atoms with Crippen LogP contribution in [-0.2, 0) is 4.74 Å². The van der Waals surface area contributed by atoms with Gasteiger partial charge in [-0.1, -0.05) is 17.3 Å². The number of aromatic amines is 1. The van der Waals surface area contributed by atoms with Crippen molar-refractivity contribution in [1.29, 1.82) is 0 Å². The highest BCUT2D eigenvalue weighted by atomic mass is 19.1. The summed E-state index contributed by atoms with van der Waals surface area (Å²) in [5, 5.41) is 11.9. The van der Waals surface area contributed by atoms with Crippen LogP contribution in [0.3, 0.4) is 0 Å². The predicted octanol–water partition coefficient (Wildman–Crippen LogP) is 3.44. The van der Waals surface area contributed by atoms with E-state index in [1.807, 2.05) is 29.2 Å². The Labute approximate surface area is 206 Å². The number of nitrogens with zero attached hydrogens (tertiary/aromatic N) is 4. The fourth-order valence-corrected chi connectivity index (χ4v) is 5.25. The third-order valence-electron chi connectivity index (χ3n) is 6.88. The minimum absolute atomic E-state index is 0.0539. The predicted molar refractivity (Wildman–Crippen MR) is 130 cm³/mol. The Balaban J connectivity index is 1.17. The van der Waals surface area contributed by atoms with Crippen LogP contribution in [0.25, 0.3) is 33.6 Å². The van der Waals surface area contributed by atoms with E-state index in [4.69, 9.17) is 14.0 Å². The number of likely N-dealkylation sites (tertiary alicyclic amines) is 2. The van der Waals surface area contributed by atoms with Crippen LogP contribution in [0.4, 0.5) is 4.39 Å². The zero-order valence-corrected chi connectivity index (χ0v) is 20.1. The molecule has 9 nitrogen and oxygen atoms in total. The highest BCUT2D eigenvalue weighted by Crippen LogP contribution is 2.39. The van der Waals surface area contributed by atoms with Crippen LogP contribution in [0.2, 0.25) is 0 Å². The number of rotatable bonds is 7. The second-order valence-corrected chi connectivity index (χ2v) is 9.73. The third kappa shape index (κ3) is 3.92. The second kappa shape index (κ2) is 8.72. The van der Waals surface area contributed by atoms with Crippen molar-refractivity contribution in [2.75, 3.05) is 53.6 Å². The first-order valence-corrected chi connectivity index (χ1v) is 11.8. The summed E-state index contributed by atoms with van der Waals surface area (Å²) in [5.41, 5.74) is 3.43. The summed E-state index contributed by atoms with van der Waals surface area (Å²) in [6, 6.07) is 12.0. The fraction of sp³-hybridized carbons (Fsp3) is 0.346. The molecule has 0 unspecified atom stereocenters. The maximum absolute atomic E-state index is 14.6. The number of aromatic nitrogens is 3. The summed E-state index contributed by atoms with van der Waals surface area (Å²) in [6.07, 6.45) is 0. The molecule has 0 radical (unpaired) electrons. The molecule has 4 heterocycles. The van der Waals surface area contributed by atoms with Gasteiger partial charge in [-0.15, -0.1) is 0 Å². The Bertz CT molecular complexity index is 1420. The van der Waals surface area contributed by atoms with E-state index in [1.54, 1.807) is 19.2 Å². The van der Waals surface area contributed by atoms with Crippen LogP contribution in [0.5, 0.6) is 5.75 Å². The van der Waals surface area contributed by atoms with E-state index in [2.05, 4.69) is 27.3 Å². The van der Waals surface area contributed by atoms with Crippen molar-refractivity contribution < 1.29 is 23.2 Å². The molecule has 2 aromatic heterocycles. The molecule has 2 aliphatic heterocycles. The molecule has 0 aliphatic carbocycles. The summed E-state index contributed by atoms with van der Waals surface area (Å²) in [7, 11) is 3.66. The molecule has 186 valence electrons. The molecule has 1 N–H and O–H groups in total. The lowest BCUT2D eigenvalue weighted by Crippen LogP contribution is -2.71. The van der Waals surface area contributed by atoms with Crippen LogP contribution in [0.1, 0.15) is 10.4 Å². The van der Waals surface area contributed by atoms with Gasteiger partial charge >= 0.3 is 0 Å². The van der Waals surface area contributed by atoms with Crippen LogP contribution in [0, 0.1) is 11.2 Å². The van der Waals surface area contributed by atoms with Crippen molar-refractivity contribution in [3.63, 3.8) is 0 Å². The van der Waals surface area contributed by atoms with E-state index in [0.29, 0.717) is 45.6 Å². The van der Waals surface area contributed by atoms with Crippen LogP contribution in [-0.4, -0.2) is 84.6 Å². The van der Waals surface area contributed by atoms with Gasteiger partial charge in [0.1, 0.15) is 18.0 Å². The van der Waals surface area contributed by atoms with Gasteiger partial charge in [0.05, 0.1) is 12.1 Å². The summed E-state index contributed by atoms with van der Waals surface area (Å²) < 4.78 is 30.5. The van der Waals surface area contributed by atoms with Crippen molar-refractivity contribution in [2.24, 2.45) is 5.41 Å². The van der Waals surface area contributed by atoms with Gasteiger partial charge in [-0.25, -0.2) is 4.39 Å². The fourth-order valence-electron chi connectivity index (χ4n) is 5.25. The largest absolute Gasteiger partial charge is 0.488 e. The van der Waals surface area contributed by atoms with Crippen LogP contribution < -0.4 is 4.74 Å². The van der Waals surface area contributed by atoms with Gasteiger partial charge in [0.2, 0.25) is 0 Å². The second-order valence-electron chi connectivity index (χ2n) is 9.73. The normalized spacial score (nSPS) is 16.8. The molecule has 2 saturated heterocycles. The van der Waals surface area contributed by atoms with Gasteiger partial charge in [-0.2, -0.15) is 5.10 Å². The van der Waals surface area contributed by atoms with E-state index >= 15 is 0 Å². The minimum Gasteiger partial charge on any atom is -0.488 e. The topological polar surface area (TPSA) is 96.7 Å². The van der Waals surface area contributed by atoms with E-state index in [0.717, 1.165) is 31.7 Å². The Hall–Kier alpha value is -3.76. The van der Waals surface area contributed by atoms with E-state index in [1.165, 1.54) is 6.07 Å². The monoisotopic (exact) mass is 491 g/mol. The van der Waals surface area contributed by atoms with Gasteiger partial charge in [0.15, 0.2) is 17.3 Å². The number of fused-ring (bicyclic) bond motifs is 1. The van der Waals surface area contributed by atoms with Crippen molar-refractivity contribution >= 4 is 16.8 Å². The molecule has 0 bridgehead atoms. The number of hydrogen-bond donors (Lipinski definition) is 1. The lowest BCUT2D eigenvalue weighted by atomic mass is 9.73. The molecule has 0 saturated carbocycles. The maximum atomic E-state index is 14.6. The molecule has 2 fully saturated rings. The number of halogens is 1. The molecule has 1 amide bonds. The number of ether oxygens (including phenoxy) is 2. The standard InChI is InChI=1S/C26H26FN5O4/c1-31-12-26(13-31)14-32(15-26)25(33)17-5-3-16(4-6-17)20-10-23(36-30-20)24-18-9-19(27)22(35-8-7-34-2)11-21(18)28-29-24/h3-6,9-11H,7-8,12-15H2,1-2H3,(H,28,29). The molecule has 1 spiro atoms. The van der Waals surface area contributed by atoms with E-state index < -0.39 is 5.82 Å². The van der Waals surface area contributed by atoms with Crippen molar-refractivity contribution in [2.45, 2.75) is 0 Å². The zero-order chi connectivity index (χ0) is 24.9. The van der Waals surface area contributed by atoms with Gasteiger partial charge < -0.3 is 23.8 Å². The van der Waals surface area contributed by atoms with Crippen LogP contribution >= 0.6 is 0 Å². The Morgan fingerprint density at radius 3 is 2.64 bits per heavy atom. The summed E-state index contributed by atoms with van der Waals surface area (Å²) in [5.74, 6) is 0.0770. The molecule has 2 aliphatic rings. The molecule has 6 rings (SSSR count). The summed E-state index contributed by atoms with van der Waals surface area (Å²) >= 11 is 0. The summed E-state index contributed by atoms with van der Waals surface area (Å²) in [4.78, 5) is 17.0. The number of methoxy groups -OCH3 is 1. The van der Waals surface area contributed by atoms with Gasteiger partial charge in [0, 0.05) is 67.3 Å². The molecule has 2 aromatic carbocycles. The van der Waals surface area contributed by atoms with E-state index in [-0.39, 0.29) is 18.3 Å². The van der Waals surface area contributed by atoms with Gasteiger partial charge in [-0.3, -0.25) is 9.89 Å². The molecular weight excluding hydrogens is 465 g/mol. The van der Waals surface area contributed by atoms with Gasteiger partial charge in [0.25, 0.3) is 5.91 Å². The number of carbonyl (C=O) groups is 1. The van der Waals surface area contributed by atoms with Crippen molar-refractivity contribution in [1.82, 2.24) is 25.2 Å². The number of hydrogen-bond acceptors (Lipinski definition) is 7. The number of carbonyl (C=O) groups excluding carboxylic acids is 1. The summed E-state index contributed by atoms with van der Waals surface area (Å²) in [6.45, 7) is 4.37. The Morgan fingerprint density at radius 2 is 1.92 bits per heavy atom. The van der Waals surface area contributed by atoms with Crippen molar-refractivity contribution in [3.8, 4) is 28.5 Å². The Kier molecular flexibility index (Phi) is 5.50. The van der Waals surface area contributed by atoms with Crippen molar-refractivity contribution in [3.05, 3.63) is 53.8 Å². The zero-order valence-electron chi connectivity index (χ0n) is 20.1. The minimum atomic E-state index is -0.501. The Morgan fingerprint density at radius 1 is 1.14 bits per heavy atom. The first kappa shape index (κ1) is 22.7. The number of nitrogens with one attached hydrogen (secondary N) is 1. The van der Waals surface area contributed by atoms with Gasteiger partial charge in [-0.05, 0) is 25.2 Å². The van der Waals surface area contributed by atoms with Crippen LogP contribution in [0.15, 0.2) is 47.0 Å². The lowest BCUT2D eigenvalue weighted by Gasteiger charge is -2.59. The molecular formula is C26H26FN5O4. The lowest BCUT2D eigenvalue weighted by molar-refractivity contribution is -0.0872. The smallest absolute Gasteiger partial charge is 0.253 e. The highest BCUT2D eigenvalue weighted by Gasteiger charge is 2.51. The first-order valence-electron chi connectivity index (χ1n) is 11.8. The highest BCUT2D eigenvalue weighted by molar-refractivity contribution is 5.95. The average molecular weight is 492 g/mol. The number of amides is 1. The SMILES string of the molecule is COCCOc1cc2[nH]nc(-c3cc(-c4ccc(C(=O)N5CC6(CN(C)C6)C5)cc4)no3)c2cc1F. The average Bonchev–Trinajstić information content (AvgIpc) is 3.47.